The van der Waals surface area contributed by atoms with Gasteiger partial charge in [-0.3, -0.25) is 20.4 Å². The minimum atomic E-state index is -0.316. The van der Waals surface area contributed by atoms with Gasteiger partial charge in [0, 0.05) is 22.7 Å². The number of H-pyrrole nitrogens is 1. The Morgan fingerprint density at radius 2 is 1.83 bits per heavy atom. The molecule has 3 N–H and O–H groups in total. The fourth-order valence-corrected chi connectivity index (χ4v) is 2.67. The molecule has 0 bridgehead atoms. The molecule has 0 atom stereocenters. The van der Waals surface area contributed by atoms with Crippen molar-refractivity contribution in [3.05, 3.63) is 70.9 Å². The average molecular weight is 321 g/mol. The van der Waals surface area contributed by atoms with E-state index in [1.165, 1.54) is 0 Å². The van der Waals surface area contributed by atoms with Gasteiger partial charge in [-0.1, -0.05) is 35.9 Å². The number of aromatic amines is 1. The number of benzene rings is 2. The Labute approximate surface area is 140 Å². The Bertz CT molecular complexity index is 912. The van der Waals surface area contributed by atoms with Gasteiger partial charge in [0.15, 0.2) is 0 Å². The van der Waals surface area contributed by atoms with Crippen LogP contribution in [0.15, 0.2) is 48.7 Å². The molecule has 3 rings (SSSR count). The van der Waals surface area contributed by atoms with E-state index in [2.05, 4.69) is 15.8 Å². The fraction of sp³-hybridized carbons (Fsp3) is 0.158. The van der Waals surface area contributed by atoms with Gasteiger partial charge in [-0.05, 0) is 37.1 Å². The second-order valence-corrected chi connectivity index (χ2v) is 5.86. The summed E-state index contributed by atoms with van der Waals surface area (Å²) in [5.41, 5.74) is 9.25. The van der Waals surface area contributed by atoms with Crippen LogP contribution in [-0.2, 0) is 11.2 Å². The molecule has 122 valence electrons. The van der Waals surface area contributed by atoms with Crippen molar-refractivity contribution in [2.24, 2.45) is 0 Å². The topological polar surface area (TPSA) is 74.0 Å². The third kappa shape index (κ3) is 3.30. The van der Waals surface area contributed by atoms with Crippen molar-refractivity contribution in [2.75, 3.05) is 0 Å². The van der Waals surface area contributed by atoms with E-state index in [4.69, 9.17) is 0 Å². The highest BCUT2D eigenvalue weighted by molar-refractivity contribution is 5.97. The van der Waals surface area contributed by atoms with Crippen LogP contribution in [0.25, 0.3) is 10.9 Å². The highest BCUT2D eigenvalue weighted by Gasteiger charge is 2.12. The summed E-state index contributed by atoms with van der Waals surface area (Å²) in [4.78, 5) is 27.4. The van der Waals surface area contributed by atoms with E-state index in [0.717, 1.165) is 27.6 Å². The number of rotatable bonds is 3. The van der Waals surface area contributed by atoms with Crippen molar-refractivity contribution >= 4 is 22.7 Å². The first-order valence-electron chi connectivity index (χ1n) is 7.76. The quantitative estimate of drug-likeness (QED) is 0.649. The normalized spacial score (nSPS) is 10.6. The average Bonchev–Trinajstić information content (AvgIpc) is 2.98. The Morgan fingerprint density at radius 1 is 1.04 bits per heavy atom. The van der Waals surface area contributed by atoms with Gasteiger partial charge in [-0.15, -0.1) is 0 Å². The van der Waals surface area contributed by atoms with Crippen LogP contribution in [-0.4, -0.2) is 16.8 Å². The second-order valence-electron chi connectivity index (χ2n) is 5.86. The predicted octanol–water partition coefficient (Wildman–Crippen LogP) is 2.79. The molecule has 1 heterocycles. The molecule has 1 aromatic heterocycles. The summed E-state index contributed by atoms with van der Waals surface area (Å²) in [6.07, 6.45) is 2.01. The number of amides is 2. The summed E-state index contributed by atoms with van der Waals surface area (Å²) in [5.74, 6) is -0.582. The molecular weight excluding hydrogens is 302 g/mol. The molecule has 2 amide bonds. The Kier molecular flexibility index (Phi) is 4.33. The van der Waals surface area contributed by atoms with Crippen LogP contribution in [0.1, 0.15) is 27.0 Å². The molecular formula is C19H19N3O2. The lowest BCUT2D eigenvalue weighted by molar-refractivity contribution is -0.121. The van der Waals surface area contributed by atoms with Crippen LogP contribution in [0.5, 0.6) is 0 Å². The first-order chi connectivity index (χ1) is 11.5. The molecule has 0 spiro atoms. The van der Waals surface area contributed by atoms with E-state index in [-0.39, 0.29) is 18.2 Å². The SMILES string of the molecule is Cc1ccc(C)c(C(=O)NNC(=O)Cc2c[nH]c3ccccc23)c1. The molecule has 0 fully saturated rings. The zero-order chi connectivity index (χ0) is 17.1. The number of aryl methyl sites for hydroxylation is 2. The van der Waals surface area contributed by atoms with E-state index in [0.29, 0.717) is 5.56 Å². The van der Waals surface area contributed by atoms with Crippen LogP contribution in [0, 0.1) is 13.8 Å². The number of fused-ring (bicyclic) bond motifs is 1. The summed E-state index contributed by atoms with van der Waals surface area (Å²) in [6, 6.07) is 13.4. The Morgan fingerprint density at radius 3 is 2.67 bits per heavy atom. The van der Waals surface area contributed by atoms with Gasteiger partial charge in [-0.25, -0.2) is 0 Å². The van der Waals surface area contributed by atoms with Crippen LogP contribution in [0.4, 0.5) is 0 Å². The number of para-hydroxylation sites is 1. The Hall–Kier alpha value is -3.08. The maximum absolute atomic E-state index is 12.2. The van der Waals surface area contributed by atoms with Crippen LogP contribution >= 0.6 is 0 Å². The molecule has 0 unspecified atom stereocenters. The van der Waals surface area contributed by atoms with Gasteiger partial charge in [0.2, 0.25) is 5.91 Å². The van der Waals surface area contributed by atoms with Gasteiger partial charge in [-0.2, -0.15) is 0 Å². The molecule has 5 heteroatoms. The molecule has 0 aliphatic rings. The first kappa shape index (κ1) is 15.8. The highest BCUT2D eigenvalue weighted by Crippen LogP contribution is 2.17. The number of hydrazine groups is 1. The van der Waals surface area contributed by atoms with Crippen molar-refractivity contribution in [1.29, 1.82) is 0 Å². The van der Waals surface area contributed by atoms with Gasteiger partial charge in [0.25, 0.3) is 5.91 Å². The number of aromatic nitrogens is 1. The molecule has 3 aromatic rings. The lowest BCUT2D eigenvalue weighted by atomic mass is 10.1. The first-order valence-corrected chi connectivity index (χ1v) is 7.76. The molecule has 0 aliphatic heterocycles. The Balaban J connectivity index is 1.63. The predicted molar refractivity (Wildman–Crippen MR) is 93.5 cm³/mol. The lowest BCUT2D eigenvalue weighted by Crippen LogP contribution is -2.42. The molecule has 2 aromatic carbocycles. The van der Waals surface area contributed by atoms with Crippen molar-refractivity contribution < 1.29 is 9.59 Å². The van der Waals surface area contributed by atoms with E-state index in [1.54, 1.807) is 6.07 Å². The van der Waals surface area contributed by atoms with E-state index in [9.17, 15) is 9.59 Å². The maximum atomic E-state index is 12.2. The zero-order valence-electron chi connectivity index (χ0n) is 13.6. The minimum absolute atomic E-state index is 0.192. The third-order valence-electron chi connectivity index (χ3n) is 3.98. The summed E-state index contributed by atoms with van der Waals surface area (Å²) >= 11 is 0. The number of carbonyl (C=O) groups excluding carboxylic acids is 2. The van der Waals surface area contributed by atoms with Gasteiger partial charge in [0.1, 0.15) is 0 Å². The van der Waals surface area contributed by atoms with E-state index < -0.39 is 0 Å². The number of carbonyl (C=O) groups is 2. The molecule has 24 heavy (non-hydrogen) atoms. The smallest absolute Gasteiger partial charge is 0.269 e. The van der Waals surface area contributed by atoms with Gasteiger partial charge in [0.05, 0.1) is 6.42 Å². The van der Waals surface area contributed by atoms with E-state index >= 15 is 0 Å². The summed E-state index contributed by atoms with van der Waals surface area (Å²) < 4.78 is 0. The zero-order valence-corrected chi connectivity index (χ0v) is 13.6. The number of nitrogens with one attached hydrogen (secondary N) is 3. The van der Waals surface area contributed by atoms with Crippen LogP contribution in [0.2, 0.25) is 0 Å². The summed E-state index contributed by atoms with van der Waals surface area (Å²) in [5, 5.41) is 1.01. The molecule has 0 radical (unpaired) electrons. The molecule has 0 saturated carbocycles. The highest BCUT2D eigenvalue weighted by atomic mass is 16.2. The van der Waals surface area contributed by atoms with Gasteiger partial charge < -0.3 is 4.98 Å². The summed E-state index contributed by atoms with van der Waals surface area (Å²) in [7, 11) is 0. The van der Waals surface area contributed by atoms with E-state index in [1.807, 2.05) is 56.4 Å². The largest absolute Gasteiger partial charge is 0.361 e. The monoisotopic (exact) mass is 321 g/mol. The number of hydrogen-bond donors (Lipinski definition) is 3. The molecule has 5 nitrogen and oxygen atoms in total. The lowest BCUT2D eigenvalue weighted by Gasteiger charge is -2.09. The number of hydrogen-bond acceptors (Lipinski definition) is 2. The van der Waals surface area contributed by atoms with Crippen molar-refractivity contribution in [1.82, 2.24) is 15.8 Å². The van der Waals surface area contributed by atoms with Crippen LogP contribution < -0.4 is 10.9 Å². The molecule has 0 aliphatic carbocycles. The summed E-state index contributed by atoms with van der Waals surface area (Å²) in [6.45, 7) is 3.79. The van der Waals surface area contributed by atoms with Crippen molar-refractivity contribution in [2.45, 2.75) is 20.3 Å². The second kappa shape index (κ2) is 6.58. The van der Waals surface area contributed by atoms with Crippen molar-refractivity contribution in [3.8, 4) is 0 Å². The maximum Gasteiger partial charge on any atom is 0.269 e. The fourth-order valence-electron chi connectivity index (χ4n) is 2.67. The van der Waals surface area contributed by atoms with Gasteiger partial charge >= 0.3 is 0 Å². The molecule has 0 saturated heterocycles. The third-order valence-corrected chi connectivity index (χ3v) is 3.98. The standard InChI is InChI=1S/C19H19N3O2/c1-12-7-8-13(2)16(9-12)19(24)22-21-18(23)10-14-11-20-17-6-4-3-5-15(14)17/h3-9,11,20H,10H2,1-2H3,(H,21,23)(H,22,24). The van der Waals surface area contributed by atoms with Crippen LogP contribution in [0.3, 0.4) is 0 Å². The minimum Gasteiger partial charge on any atom is -0.361 e. The van der Waals surface area contributed by atoms with Crippen molar-refractivity contribution in [3.63, 3.8) is 0 Å².